The quantitative estimate of drug-likeness (QED) is 0.495. The van der Waals surface area contributed by atoms with Crippen molar-refractivity contribution in [3.8, 4) is 0 Å². The first kappa shape index (κ1) is 19.5. The Hall–Kier alpha value is -3.43. The van der Waals surface area contributed by atoms with Crippen LogP contribution in [0.15, 0.2) is 46.9 Å². The molecule has 5 rings (SSSR count). The monoisotopic (exact) mass is 420 g/mol. The molecule has 0 unspecified atom stereocenters. The number of carbonyl (C=O) groups is 1. The van der Waals surface area contributed by atoms with E-state index in [0.717, 1.165) is 49.4 Å². The van der Waals surface area contributed by atoms with Gasteiger partial charge in [0.15, 0.2) is 5.58 Å². The average molecular weight is 420 g/mol. The van der Waals surface area contributed by atoms with Crippen molar-refractivity contribution in [1.29, 1.82) is 0 Å². The number of benzene rings is 2. The van der Waals surface area contributed by atoms with E-state index in [1.807, 2.05) is 48.0 Å². The number of ether oxygens (including phenoxy) is 1. The number of nitrogens with one attached hydrogen (secondary N) is 2. The van der Waals surface area contributed by atoms with Gasteiger partial charge in [-0.3, -0.25) is 15.0 Å². The van der Waals surface area contributed by atoms with Crippen molar-refractivity contribution in [2.75, 3.05) is 44.7 Å². The lowest BCUT2D eigenvalue weighted by molar-refractivity contribution is 0.0383. The topological polar surface area (TPSA) is 97.5 Å². The van der Waals surface area contributed by atoms with Gasteiger partial charge in [-0.1, -0.05) is 12.1 Å². The molecule has 160 valence electrons. The molecule has 9 heteroatoms. The van der Waals surface area contributed by atoms with Crippen LogP contribution < -0.4 is 10.6 Å². The molecule has 2 N–H and O–H groups in total. The Morgan fingerprint density at radius 1 is 1.10 bits per heavy atom. The number of carbonyl (C=O) groups excluding carboxylic acids is 1. The van der Waals surface area contributed by atoms with E-state index in [-0.39, 0.29) is 5.91 Å². The van der Waals surface area contributed by atoms with Crippen LogP contribution in [0.25, 0.3) is 22.1 Å². The van der Waals surface area contributed by atoms with Crippen LogP contribution in [0.5, 0.6) is 0 Å². The van der Waals surface area contributed by atoms with Gasteiger partial charge < -0.3 is 19.0 Å². The Balaban J connectivity index is 1.28. The van der Waals surface area contributed by atoms with Crippen LogP contribution in [0.3, 0.4) is 0 Å². The highest BCUT2D eigenvalue weighted by atomic mass is 16.5. The Kier molecular flexibility index (Phi) is 5.27. The normalized spacial score (nSPS) is 14.9. The number of hydrogen-bond donors (Lipinski definition) is 2. The number of rotatable bonds is 6. The van der Waals surface area contributed by atoms with E-state index in [0.29, 0.717) is 29.7 Å². The summed E-state index contributed by atoms with van der Waals surface area (Å²) in [6.45, 7) is 4.74. The zero-order valence-electron chi connectivity index (χ0n) is 17.3. The van der Waals surface area contributed by atoms with Gasteiger partial charge >= 0.3 is 6.01 Å². The fourth-order valence-corrected chi connectivity index (χ4v) is 3.73. The number of morpholine rings is 1. The van der Waals surface area contributed by atoms with Gasteiger partial charge in [-0.05, 0) is 30.3 Å². The van der Waals surface area contributed by atoms with E-state index in [2.05, 4.69) is 25.5 Å². The highest BCUT2D eigenvalue weighted by Gasteiger charge is 2.15. The molecule has 1 amide bonds. The van der Waals surface area contributed by atoms with Crippen molar-refractivity contribution < 1.29 is 13.9 Å². The molecule has 3 heterocycles. The number of hydrogen-bond acceptors (Lipinski definition) is 7. The Morgan fingerprint density at radius 3 is 2.77 bits per heavy atom. The van der Waals surface area contributed by atoms with Crippen LogP contribution in [-0.2, 0) is 11.8 Å². The number of aryl methyl sites for hydroxylation is 1. The summed E-state index contributed by atoms with van der Waals surface area (Å²) in [5.74, 6) is 0.487. The lowest BCUT2D eigenvalue weighted by Crippen LogP contribution is -2.41. The molecule has 1 saturated heterocycles. The molecule has 2 aromatic carbocycles. The molecule has 0 spiro atoms. The summed E-state index contributed by atoms with van der Waals surface area (Å²) in [4.78, 5) is 23.9. The summed E-state index contributed by atoms with van der Waals surface area (Å²) in [6, 6.07) is 13.5. The smallest absolute Gasteiger partial charge is 0.302 e. The maximum atomic E-state index is 12.6. The molecule has 0 radical (unpaired) electrons. The molecule has 4 aromatic rings. The molecular formula is C22H24N6O3. The van der Waals surface area contributed by atoms with Crippen LogP contribution in [-0.4, -0.2) is 64.7 Å². The molecule has 31 heavy (non-hydrogen) atoms. The first-order valence-corrected chi connectivity index (χ1v) is 10.3. The van der Waals surface area contributed by atoms with E-state index in [9.17, 15) is 4.79 Å². The van der Waals surface area contributed by atoms with Gasteiger partial charge in [0.25, 0.3) is 5.91 Å². The first-order valence-electron chi connectivity index (χ1n) is 10.3. The summed E-state index contributed by atoms with van der Waals surface area (Å²) in [6.07, 6.45) is 0. The third-order valence-corrected chi connectivity index (χ3v) is 5.47. The number of fused-ring (bicyclic) bond motifs is 2. The maximum Gasteiger partial charge on any atom is 0.302 e. The van der Waals surface area contributed by atoms with Crippen molar-refractivity contribution in [2.24, 2.45) is 7.05 Å². The molecular weight excluding hydrogens is 396 g/mol. The molecule has 9 nitrogen and oxygen atoms in total. The lowest BCUT2D eigenvalue weighted by atomic mass is 10.2. The molecule has 0 atom stereocenters. The molecule has 0 saturated carbocycles. The number of anilines is 2. The minimum Gasteiger partial charge on any atom is -0.423 e. The summed E-state index contributed by atoms with van der Waals surface area (Å²) in [5, 5.41) is 6.12. The van der Waals surface area contributed by atoms with Crippen LogP contribution in [0.2, 0.25) is 0 Å². The predicted molar refractivity (Wildman–Crippen MR) is 118 cm³/mol. The van der Waals surface area contributed by atoms with Crippen molar-refractivity contribution >= 4 is 40.0 Å². The maximum absolute atomic E-state index is 12.6. The second-order valence-corrected chi connectivity index (χ2v) is 7.52. The van der Waals surface area contributed by atoms with Crippen LogP contribution in [0.1, 0.15) is 10.4 Å². The van der Waals surface area contributed by atoms with Gasteiger partial charge in [0.2, 0.25) is 5.95 Å². The van der Waals surface area contributed by atoms with Crippen molar-refractivity contribution in [3.05, 3.63) is 48.0 Å². The third kappa shape index (κ3) is 4.10. The van der Waals surface area contributed by atoms with Gasteiger partial charge in [0, 0.05) is 38.8 Å². The second kappa shape index (κ2) is 8.37. The van der Waals surface area contributed by atoms with E-state index in [1.165, 1.54) is 0 Å². The standard InChI is InChI=1S/C22H24N6O3/c1-27-18-7-6-15(20(29)23-8-9-28-10-12-30-13-11-28)14-17(18)24-21(27)26-22-25-16-4-2-3-5-19(16)31-22/h2-7,14H,8-13H2,1H3,(H,23,29)(H,24,25,26). The highest BCUT2D eigenvalue weighted by Crippen LogP contribution is 2.24. The summed E-state index contributed by atoms with van der Waals surface area (Å²) in [5.41, 5.74) is 3.70. The summed E-state index contributed by atoms with van der Waals surface area (Å²) in [7, 11) is 1.91. The molecule has 1 aliphatic heterocycles. The SMILES string of the molecule is Cn1c(Nc2nc3ccccc3o2)nc2cc(C(=O)NCCN3CCOCC3)ccc21. The van der Waals surface area contributed by atoms with Crippen molar-refractivity contribution in [2.45, 2.75) is 0 Å². The van der Waals surface area contributed by atoms with Gasteiger partial charge in [-0.15, -0.1) is 0 Å². The fraction of sp³-hybridized carbons (Fsp3) is 0.318. The van der Waals surface area contributed by atoms with E-state index < -0.39 is 0 Å². The third-order valence-electron chi connectivity index (χ3n) is 5.47. The fourth-order valence-electron chi connectivity index (χ4n) is 3.73. The Labute approximate surface area is 179 Å². The number of aromatic nitrogens is 3. The van der Waals surface area contributed by atoms with Gasteiger partial charge in [-0.2, -0.15) is 4.98 Å². The molecule has 0 aliphatic carbocycles. The Morgan fingerprint density at radius 2 is 1.94 bits per heavy atom. The number of oxazole rings is 1. The van der Waals surface area contributed by atoms with E-state index >= 15 is 0 Å². The van der Waals surface area contributed by atoms with E-state index in [1.54, 1.807) is 6.07 Å². The highest BCUT2D eigenvalue weighted by molar-refractivity contribution is 5.97. The van der Waals surface area contributed by atoms with Crippen LogP contribution in [0.4, 0.5) is 12.0 Å². The molecule has 1 fully saturated rings. The minimum absolute atomic E-state index is 0.103. The summed E-state index contributed by atoms with van der Waals surface area (Å²) >= 11 is 0. The number of imidazole rings is 1. The average Bonchev–Trinajstić information content (AvgIpc) is 3.34. The van der Waals surface area contributed by atoms with Crippen LogP contribution >= 0.6 is 0 Å². The summed E-state index contributed by atoms with van der Waals surface area (Å²) < 4.78 is 13.0. The molecule has 0 bridgehead atoms. The van der Waals surface area contributed by atoms with Gasteiger partial charge in [0.05, 0.1) is 24.2 Å². The van der Waals surface area contributed by atoms with Crippen molar-refractivity contribution in [1.82, 2.24) is 24.8 Å². The zero-order chi connectivity index (χ0) is 21.2. The number of nitrogens with zero attached hydrogens (tertiary/aromatic N) is 4. The van der Waals surface area contributed by atoms with Crippen molar-refractivity contribution in [3.63, 3.8) is 0 Å². The molecule has 1 aliphatic rings. The first-order chi connectivity index (χ1) is 15.2. The second-order valence-electron chi connectivity index (χ2n) is 7.52. The number of amides is 1. The van der Waals surface area contributed by atoms with Crippen LogP contribution in [0, 0.1) is 0 Å². The minimum atomic E-state index is -0.103. The lowest BCUT2D eigenvalue weighted by Gasteiger charge is -2.26. The largest absolute Gasteiger partial charge is 0.423 e. The van der Waals surface area contributed by atoms with E-state index in [4.69, 9.17) is 9.15 Å². The van der Waals surface area contributed by atoms with Gasteiger partial charge in [-0.25, -0.2) is 4.98 Å². The Bertz CT molecular complexity index is 1190. The molecule has 2 aromatic heterocycles. The zero-order valence-corrected chi connectivity index (χ0v) is 17.3. The predicted octanol–water partition coefficient (Wildman–Crippen LogP) is 2.52. The number of para-hydroxylation sites is 2. The van der Waals surface area contributed by atoms with Gasteiger partial charge in [0.1, 0.15) is 5.52 Å².